The number of rotatable bonds is 7. The number of piperidine rings is 1. The fourth-order valence-corrected chi connectivity index (χ4v) is 5.41. The Balaban J connectivity index is 1.35. The number of ether oxygens (including phenoxy) is 2. The lowest BCUT2D eigenvalue weighted by molar-refractivity contribution is -0.0902. The third-order valence-corrected chi connectivity index (χ3v) is 7.18. The topological polar surface area (TPSA) is 81.0 Å². The molecule has 11 heteroatoms. The van der Waals surface area contributed by atoms with Gasteiger partial charge in [0.1, 0.15) is 23.1 Å². The minimum absolute atomic E-state index is 0.0413. The first-order valence-electron chi connectivity index (χ1n) is 12.2. The van der Waals surface area contributed by atoms with Gasteiger partial charge < -0.3 is 14.8 Å². The number of fused-ring (bicyclic) bond motifs is 1. The van der Waals surface area contributed by atoms with Crippen molar-refractivity contribution in [3.05, 3.63) is 24.2 Å². The van der Waals surface area contributed by atoms with E-state index >= 15 is 0 Å². The molecule has 0 radical (unpaired) electrons. The predicted octanol–water partition coefficient (Wildman–Crippen LogP) is 4.69. The van der Waals surface area contributed by atoms with Crippen molar-refractivity contribution >= 4 is 23.4 Å². The highest BCUT2D eigenvalue weighted by atomic mass is 32.2. The second-order valence-corrected chi connectivity index (χ2v) is 11.1. The molecule has 2 fully saturated rings. The minimum atomic E-state index is -2.69. The summed E-state index contributed by atoms with van der Waals surface area (Å²) in [6.45, 7) is 6.56. The van der Waals surface area contributed by atoms with Crippen LogP contribution in [0.15, 0.2) is 23.5 Å². The average molecular weight is 512 g/mol. The number of likely N-dealkylation sites (tertiary alicyclic amines) is 1. The molecule has 4 heterocycles. The van der Waals surface area contributed by atoms with Gasteiger partial charge in [-0.2, -0.15) is 5.10 Å². The van der Waals surface area contributed by atoms with Crippen LogP contribution in [0.2, 0.25) is 0 Å². The number of alkyl carbamates (subject to hydrolysis) is 1. The highest BCUT2D eigenvalue weighted by molar-refractivity contribution is 7.98. The van der Waals surface area contributed by atoms with Gasteiger partial charge in [-0.25, -0.2) is 23.1 Å². The smallest absolute Gasteiger partial charge is 0.407 e. The summed E-state index contributed by atoms with van der Waals surface area (Å²) in [7, 11) is 0. The van der Waals surface area contributed by atoms with E-state index in [2.05, 4.69) is 20.3 Å². The molecule has 3 atom stereocenters. The van der Waals surface area contributed by atoms with E-state index < -0.39 is 17.6 Å². The van der Waals surface area contributed by atoms with Crippen molar-refractivity contribution in [3.63, 3.8) is 0 Å². The fraction of sp³-hybridized carbons (Fsp3) is 0.708. The van der Waals surface area contributed by atoms with Crippen LogP contribution in [0.25, 0.3) is 5.52 Å². The number of halogens is 2. The zero-order chi connectivity index (χ0) is 25.2. The predicted molar refractivity (Wildman–Crippen MR) is 130 cm³/mol. The summed E-state index contributed by atoms with van der Waals surface area (Å²) in [4.78, 5) is 18.4. The molecule has 1 N–H and O–H groups in total. The van der Waals surface area contributed by atoms with Crippen molar-refractivity contribution in [2.75, 3.05) is 25.9 Å². The molecule has 194 valence electrons. The summed E-state index contributed by atoms with van der Waals surface area (Å²) < 4.78 is 42.0. The van der Waals surface area contributed by atoms with Crippen LogP contribution in [0.5, 0.6) is 0 Å². The summed E-state index contributed by atoms with van der Waals surface area (Å²) in [5, 5.41) is 8.02. The van der Waals surface area contributed by atoms with Gasteiger partial charge >= 0.3 is 6.09 Å². The number of alkyl halides is 2. The highest BCUT2D eigenvalue weighted by Gasteiger charge is 2.41. The molecule has 0 aliphatic carbocycles. The van der Waals surface area contributed by atoms with E-state index in [1.165, 1.54) is 0 Å². The highest BCUT2D eigenvalue weighted by Crippen LogP contribution is 2.37. The lowest BCUT2D eigenvalue weighted by atomic mass is 9.95. The summed E-state index contributed by atoms with van der Waals surface area (Å²) in [6, 6.07) is 3.71. The van der Waals surface area contributed by atoms with Crippen molar-refractivity contribution in [2.45, 2.75) is 87.7 Å². The van der Waals surface area contributed by atoms with Gasteiger partial charge in [-0.1, -0.05) is 0 Å². The van der Waals surface area contributed by atoms with Gasteiger partial charge in [0.15, 0.2) is 0 Å². The largest absolute Gasteiger partial charge is 0.444 e. The molecule has 4 rings (SSSR count). The zero-order valence-corrected chi connectivity index (χ0v) is 21.6. The molecule has 0 bridgehead atoms. The molecule has 0 aromatic carbocycles. The minimum Gasteiger partial charge on any atom is -0.444 e. The zero-order valence-electron chi connectivity index (χ0n) is 20.8. The Morgan fingerprint density at radius 3 is 2.89 bits per heavy atom. The van der Waals surface area contributed by atoms with Crippen LogP contribution in [0.1, 0.15) is 64.7 Å². The van der Waals surface area contributed by atoms with Crippen LogP contribution >= 0.6 is 11.8 Å². The third-order valence-electron chi connectivity index (χ3n) is 6.48. The molecule has 8 nitrogen and oxygen atoms in total. The van der Waals surface area contributed by atoms with Gasteiger partial charge in [0.05, 0.1) is 17.3 Å². The van der Waals surface area contributed by atoms with Crippen molar-refractivity contribution in [3.8, 4) is 0 Å². The Morgan fingerprint density at radius 2 is 2.14 bits per heavy atom. The van der Waals surface area contributed by atoms with Crippen molar-refractivity contribution < 1.29 is 23.0 Å². The lowest BCUT2D eigenvalue weighted by Crippen LogP contribution is -2.50. The quantitative estimate of drug-likeness (QED) is 0.541. The van der Waals surface area contributed by atoms with Crippen molar-refractivity contribution in [1.29, 1.82) is 0 Å². The van der Waals surface area contributed by atoms with E-state index in [-0.39, 0.29) is 37.6 Å². The van der Waals surface area contributed by atoms with Crippen LogP contribution in [0.4, 0.5) is 13.6 Å². The first-order valence-corrected chi connectivity index (χ1v) is 13.4. The van der Waals surface area contributed by atoms with E-state index in [1.54, 1.807) is 38.9 Å². The summed E-state index contributed by atoms with van der Waals surface area (Å²) in [5.74, 6) is -2.69. The van der Waals surface area contributed by atoms with Crippen molar-refractivity contribution in [2.24, 2.45) is 0 Å². The summed E-state index contributed by atoms with van der Waals surface area (Å²) >= 11 is 1.57. The van der Waals surface area contributed by atoms with E-state index in [0.717, 1.165) is 29.1 Å². The van der Waals surface area contributed by atoms with Crippen LogP contribution < -0.4 is 5.32 Å². The van der Waals surface area contributed by atoms with Crippen LogP contribution in [0, 0.1) is 0 Å². The Kier molecular flexibility index (Phi) is 7.87. The molecule has 2 aromatic heterocycles. The van der Waals surface area contributed by atoms with Gasteiger partial charge in [0.2, 0.25) is 0 Å². The molecular formula is C24H35F2N5O3S. The molecule has 0 saturated carbocycles. The van der Waals surface area contributed by atoms with Gasteiger partial charge in [0, 0.05) is 38.5 Å². The molecule has 2 aliphatic rings. The fourth-order valence-electron chi connectivity index (χ4n) is 4.90. The molecular weight excluding hydrogens is 476 g/mol. The number of carbonyl (C=O) groups is 1. The second kappa shape index (κ2) is 10.6. The number of nitrogens with one attached hydrogen (secondary N) is 1. The second-order valence-electron chi connectivity index (χ2n) is 10.3. The normalized spacial score (nSPS) is 25.1. The summed E-state index contributed by atoms with van der Waals surface area (Å²) in [6.07, 6.45) is 4.65. The van der Waals surface area contributed by atoms with E-state index in [9.17, 15) is 13.6 Å². The maximum Gasteiger partial charge on any atom is 0.407 e. The maximum atomic E-state index is 14.2. The number of hydrogen-bond acceptors (Lipinski definition) is 7. The monoisotopic (exact) mass is 511 g/mol. The molecule has 0 unspecified atom stereocenters. The van der Waals surface area contributed by atoms with Crippen LogP contribution in [-0.4, -0.2) is 75.2 Å². The third kappa shape index (κ3) is 6.62. The van der Waals surface area contributed by atoms with Gasteiger partial charge in [0.25, 0.3) is 5.92 Å². The SMILES string of the molecule is CSc1ncnn2c([C@H]3CC[C@@H](CN4CCC(F)(F)C[C@H]4CCNC(=O)OC(C)(C)C)O3)ccc12. The van der Waals surface area contributed by atoms with E-state index in [1.807, 2.05) is 22.9 Å². The Labute approximate surface area is 209 Å². The van der Waals surface area contributed by atoms with Gasteiger partial charge in [-0.15, -0.1) is 11.8 Å². The Morgan fingerprint density at radius 1 is 1.34 bits per heavy atom. The number of aromatic nitrogens is 3. The number of thioether (sulfide) groups is 1. The lowest BCUT2D eigenvalue weighted by Gasteiger charge is -2.40. The van der Waals surface area contributed by atoms with Gasteiger partial charge in [-0.3, -0.25) is 4.90 Å². The molecule has 2 aliphatic heterocycles. The number of hydrogen-bond donors (Lipinski definition) is 1. The van der Waals surface area contributed by atoms with Crippen LogP contribution in [0.3, 0.4) is 0 Å². The summed E-state index contributed by atoms with van der Waals surface area (Å²) in [5.41, 5.74) is 1.35. The average Bonchev–Trinajstić information content (AvgIpc) is 3.40. The number of carbonyl (C=O) groups excluding carboxylic acids is 1. The number of amides is 1. The van der Waals surface area contributed by atoms with Gasteiger partial charge in [-0.05, 0) is 58.4 Å². The Hall–Kier alpha value is -1.98. The molecule has 2 saturated heterocycles. The standard InChI is InChI=1S/C24H35F2N5O3S/c1-23(2,3)34-22(32)27-11-9-16-13-24(25,26)10-12-30(16)14-17-5-8-20(33-17)18-6-7-19-21(35-4)28-15-29-31(18)19/h6-7,15-17,20H,5,8-14H2,1-4H3,(H,27,32)/t16-,17+,20-/m1/s1. The first-order chi connectivity index (χ1) is 16.5. The Bertz CT molecular complexity index is 1030. The molecule has 35 heavy (non-hydrogen) atoms. The molecule has 0 spiro atoms. The maximum absolute atomic E-state index is 14.2. The molecule has 2 aromatic rings. The first kappa shape index (κ1) is 26.1. The van der Waals surface area contributed by atoms with Crippen molar-refractivity contribution in [1.82, 2.24) is 24.8 Å². The van der Waals surface area contributed by atoms with E-state index in [4.69, 9.17) is 9.47 Å². The van der Waals surface area contributed by atoms with Crippen LogP contribution in [-0.2, 0) is 9.47 Å². The molecule has 1 amide bonds. The number of nitrogens with zero attached hydrogens (tertiary/aromatic N) is 4. The van der Waals surface area contributed by atoms with E-state index in [0.29, 0.717) is 19.5 Å².